The third kappa shape index (κ3) is 5.22. The van der Waals surface area contributed by atoms with Gasteiger partial charge in [0.15, 0.2) is 0 Å². The quantitative estimate of drug-likeness (QED) is 0.742. The van der Waals surface area contributed by atoms with Crippen molar-refractivity contribution < 1.29 is 24.2 Å². The zero-order valence-corrected chi connectivity index (χ0v) is 13.5. The van der Waals surface area contributed by atoms with Crippen molar-refractivity contribution in [3.05, 3.63) is 0 Å². The van der Waals surface area contributed by atoms with Gasteiger partial charge < -0.3 is 14.7 Å². The summed E-state index contributed by atoms with van der Waals surface area (Å²) in [6.07, 6.45) is 1.21. The number of methoxy groups -OCH3 is 1. The van der Waals surface area contributed by atoms with E-state index < -0.39 is 11.2 Å². The predicted octanol–water partition coefficient (Wildman–Crippen LogP) is 1.24. The first-order valence-corrected chi connectivity index (χ1v) is 8.11. The summed E-state index contributed by atoms with van der Waals surface area (Å²) in [7, 11) is 1.37. The van der Waals surface area contributed by atoms with Crippen LogP contribution in [-0.4, -0.2) is 59.1 Å². The minimum Gasteiger partial charge on any atom is -0.480 e. The van der Waals surface area contributed by atoms with E-state index in [0.717, 1.165) is 0 Å². The zero-order valence-electron chi connectivity index (χ0n) is 12.7. The first-order valence-electron chi connectivity index (χ1n) is 7.06. The number of thioether (sulfide) groups is 1. The molecule has 1 fully saturated rings. The van der Waals surface area contributed by atoms with Crippen LogP contribution in [0.15, 0.2) is 0 Å². The minimum absolute atomic E-state index is 0.0228. The molecular weight excluding hydrogens is 294 g/mol. The molecule has 1 aliphatic heterocycles. The second-order valence-electron chi connectivity index (χ2n) is 5.49. The van der Waals surface area contributed by atoms with E-state index in [1.807, 2.05) is 13.8 Å². The summed E-state index contributed by atoms with van der Waals surface area (Å²) in [5, 5.41) is 8.52. The van der Waals surface area contributed by atoms with Gasteiger partial charge in [0.1, 0.15) is 5.25 Å². The fraction of sp³-hybridized carbons (Fsp3) is 0.786. The van der Waals surface area contributed by atoms with Gasteiger partial charge in [-0.15, -0.1) is 11.8 Å². The van der Waals surface area contributed by atoms with Crippen LogP contribution >= 0.6 is 11.8 Å². The number of hydrogen-bond donors (Lipinski definition) is 1. The number of nitrogens with zero attached hydrogens (tertiary/aromatic N) is 1. The topological polar surface area (TPSA) is 83.9 Å². The molecule has 0 spiro atoms. The summed E-state index contributed by atoms with van der Waals surface area (Å²) >= 11 is 1.17. The van der Waals surface area contributed by atoms with Crippen molar-refractivity contribution in [2.75, 3.05) is 26.0 Å². The second-order valence-corrected chi connectivity index (χ2v) is 6.62. The summed E-state index contributed by atoms with van der Waals surface area (Å²) in [5.41, 5.74) is 0. The molecule has 1 saturated heterocycles. The Morgan fingerprint density at radius 1 is 1.29 bits per heavy atom. The molecule has 1 atom stereocenters. The number of amides is 1. The van der Waals surface area contributed by atoms with Crippen LogP contribution in [0.4, 0.5) is 0 Å². The lowest BCUT2D eigenvalue weighted by molar-refractivity contribution is -0.148. The normalized spacial score (nSPS) is 17.6. The predicted molar refractivity (Wildman–Crippen MR) is 80.0 cm³/mol. The molecule has 120 valence electrons. The first kappa shape index (κ1) is 17.8. The maximum atomic E-state index is 12.1. The number of carboxylic acids is 1. The molecule has 6 nitrogen and oxygen atoms in total. The van der Waals surface area contributed by atoms with Gasteiger partial charge in [0.25, 0.3) is 0 Å². The van der Waals surface area contributed by atoms with Gasteiger partial charge in [0.2, 0.25) is 5.91 Å². The Kier molecular flexibility index (Phi) is 7.01. The lowest BCUT2D eigenvalue weighted by Crippen LogP contribution is -2.41. The number of carboxylic acid groups (broad SMARTS) is 1. The van der Waals surface area contributed by atoms with Crippen molar-refractivity contribution in [2.24, 2.45) is 11.8 Å². The Labute approximate surface area is 129 Å². The van der Waals surface area contributed by atoms with Crippen molar-refractivity contribution in [1.82, 2.24) is 4.90 Å². The van der Waals surface area contributed by atoms with E-state index in [1.54, 1.807) is 4.90 Å². The van der Waals surface area contributed by atoms with Crippen LogP contribution in [0, 0.1) is 11.8 Å². The van der Waals surface area contributed by atoms with E-state index in [2.05, 4.69) is 0 Å². The highest BCUT2D eigenvalue weighted by Gasteiger charge is 2.29. The third-order valence-electron chi connectivity index (χ3n) is 3.62. The summed E-state index contributed by atoms with van der Waals surface area (Å²) in [4.78, 5) is 36.3. The Balaban J connectivity index is 2.41. The fourth-order valence-corrected chi connectivity index (χ4v) is 3.36. The number of esters is 1. The highest BCUT2D eigenvalue weighted by Crippen LogP contribution is 2.22. The molecule has 1 unspecified atom stereocenters. The van der Waals surface area contributed by atoms with Crippen molar-refractivity contribution in [3.8, 4) is 0 Å². The lowest BCUT2D eigenvalue weighted by Gasteiger charge is -2.31. The number of likely N-dealkylation sites (tertiary alicyclic amines) is 1. The van der Waals surface area contributed by atoms with Crippen LogP contribution < -0.4 is 0 Å². The summed E-state index contributed by atoms with van der Waals surface area (Å²) in [6.45, 7) is 4.72. The number of hydrogen-bond acceptors (Lipinski definition) is 5. The molecule has 7 heteroatoms. The van der Waals surface area contributed by atoms with Crippen molar-refractivity contribution in [3.63, 3.8) is 0 Å². The number of ether oxygens (including phenoxy) is 1. The Morgan fingerprint density at radius 3 is 2.29 bits per heavy atom. The Morgan fingerprint density at radius 2 is 1.86 bits per heavy atom. The molecule has 1 rings (SSSR count). The van der Waals surface area contributed by atoms with Crippen LogP contribution in [0.2, 0.25) is 0 Å². The van der Waals surface area contributed by atoms with Crippen molar-refractivity contribution in [1.29, 1.82) is 0 Å². The smallest absolute Gasteiger partial charge is 0.316 e. The number of carbonyl (C=O) groups excluding carboxylic acids is 2. The fourth-order valence-electron chi connectivity index (χ4n) is 2.33. The molecule has 0 aromatic carbocycles. The molecule has 1 amide bonds. The van der Waals surface area contributed by atoms with Gasteiger partial charge in [-0.25, -0.2) is 0 Å². The van der Waals surface area contributed by atoms with Crippen molar-refractivity contribution in [2.45, 2.75) is 31.9 Å². The van der Waals surface area contributed by atoms with Gasteiger partial charge in [0.05, 0.1) is 18.8 Å². The van der Waals surface area contributed by atoms with Crippen LogP contribution in [0.3, 0.4) is 0 Å². The molecule has 1 heterocycles. The SMILES string of the molecule is COC(=O)C1CCN(C(=O)CSC(C(=O)O)C(C)C)CC1. The molecule has 0 aliphatic carbocycles. The van der Waals surface area contributed by atoms with Gasteiger partial charge in [-0.3, -0.25) is 14.4 Å². The molecule has 0 aromatic heterocycles. The van der Waals surface area contributed by atoms with Gasteiger partial charge in [0, 0.05) is 13.1 Å². The van der Waals surface area contributed by atoms with Gasteiger partial charge >= 0.3 is 11.9 Å². The minimum atomic E-state index is -0.882. The number of piperidine rings is 1. The van der Waals surface area contributed by atoms with E-state index in [4.69, 9.17) is 9.84 Å². The van der Waals surface area contributed by atoms with Crippen LogP contribution in [0.5, 0.6) is 0 Å². The molecule has 0 radical (unpaired) electrons. The van der Waals surface area contributed by atoms with Crippen LogP contribution in [-0.2, 0) is 19.1 Å². The van der Waals surface area contributed by atoms with Gasteiger partial charge in [-0.2, -0.15) is 0 Å². The summed E-state index contributed by atoms with van der Waals surface area (Å²) in [6, 6.07) is 0. The van der Waals surface area contributed by atoms with Crippen molar-refractivity contribution >= 4 is 29.6 Å². The van der Waals surface area contributed by atoms with Gasteiger partial charge in [-0.1, -0.05) is 13.8 Å². The van der Waals surface area contributed by atoms with E-state index >= 15 is 0 Å². The third-order valence-corrected chi connectivity index (χ3v) is 5.14. The molecule has 21 heavy (non-hydrogen) atoms. The maximum Gasteiger partial charge on any atom is 0.316 e. The molecular formula is C14H23NO5S. The highest BCUT2D eigenvalue weighted by atomic mass is 32.2. The van der Waals surface area contributed by atoms with Crippen LogP contribution in [0.1, 0.15) is 26.7 Å². The summed E-state index contributed by atoms with van der Waals surface area (Å²) < 4.78 is 4.71. The zero-order chi connectivity index (χ0) is 16.0. The highest BCUT2D eigenvalue weighted by molar-refractivity contribution is 8.01. The van der Waals surface area contributed by atoms with Gasteiger partial charge in [-0.05, 0) is 18.8 Å². The van der Waals surface area contributed by atoms with Crippen LogP contribution in [0.25, 0.3) is 0 Å². The van der Waals surface area contributed by atoms with E-state index in [-0.39, 0.29) is 29.5 Å². The maximum absolute atomic E-state index is 12.1. The number of carbonyl (C=O) groups is 3. The van der Waals surface area contributed by atoms with E-state index in [0.29, 0.717) is 25.9 Å². The Hall–Kier alpha value is -1.24. The molecule has 0 bridgehead atoms. The summed E-state index contributed by atoms with van der Waals surface area (Å²) in [5.74, 6) is -1.15. The second kappa shape index (κ2) is 8.26. The first-order chi connectivity index (χ1) is 9.86. The number of rotatable bonds is 6. The largest absolute Gasteiger partial charge is 0.480 e. The molecule has 1 N–H and O–H groups in total. The molecule has 0 aromatic rings. The van der Waals surface area contributed by atoms with E-state index in [9.17, 15) is 14.4 Å². The molecule has 0 saturated carbocycles. The average molecular weight is 317 g/mol. The number of aliphatic carboxylic acids is 1. The Bertz CT molecular complexity index is 391. The standard InChI is InChI=1S/C14H23NO5S/c1-9(2)12(13(17)18)21-8-11(16)15-6-4-10(5-7-15)14(19)20-3/h9-10,12H,4-8H2,1-3H3,(H,17,18). The monoisotopic (exact) mass is 317 g/mol. The van der Waals surface area contributed by atoms with E-state index in [1.165, 1.54) is 18.9 Å². The molecule has 1 aliphatic rings. The average Bonchev–Trinajstić information content (AvgIpc) is 2.45. The lowest BCUT2D eigenvalue weighted by atomic mass is 9.97.